The molecule has 0 atom stereocenters. The molecular weight excluding hydrogens is 334 g/mol. The van der Waals surface area contributed by atoms with Crippen LogP contribution in [-0.4, -0.2) is 16.8 Å². The highest BCUT2D eigenvalue weighted by Crippen LogP contribution is 2.19. The van der Waals surface area contributed by atoms with Gasteiger partial charge in [-0.05, 0) is 49.2 Å². The standard InChI is InChI=1S/C15H14BrN3O2/c1-9-3-6-13(17-8-9)19-15(21)14(20)18-11-4-5-12(16)10(2)7-11/h3-8H,1-2H3,(H,18,20)(H,17,19,21). The number of rotatable bonds is 2. The molecule has 0 fully saturated rings. The fourth-order valence-electron chi connectivity index (χ4n) is 1.63. The minimum atomic E-state index is -0.757. The van der Waals surface area contributed by atoms with E-state index in [1.807, 2.05) is 19.9 Å². The summed E-state index contributed by atoms with van der Waals surface area (Å²) in [5, 5.41) is 4.99. The maximum absolute atomic E-state index is 11.8. The molecule has 0 unspecified atom stereocenters. The quantitative estimate of drug-likeness (QED) is 0.820. The van der Waals surface area contributed by atoms with E-state index in [0.717, 1.165) is 15.6 Å². The lowest BCUT2D eigenvalue weighted by molar-refractivity contribution is -0.133. The van der Waals surface area contributed by atoms with Crippen LogP contribution in [0.1, 0.15) is 11.1 Å². The number of carbonyl (C=O) groups excluding carboxylic acids is 2. The van der Waals surface area contributed by atoms with Gasteiger partial charge in [-0.1, -0.05) is 22.0 Å². The van der Waals surface area contributed by atoms with Gasteiger partial charge in [-0.3, -0.25) is 9.59 Å². The maximum atomic E-state index is 11.8. The van der Waals surface area contributed by atoms with Gasteiger partial charge in [-0.15, -0.1) is 0 Å². The number of nitrogens with one attached hydrogen (secondary N) is 2. The van der Waals surface area contributed by atoms with Crippen molar-refractivity contribution in [2.75, 3.05) is 10.6 Å². The van der Waals surface area contributed by atoms with Crippen molar-refractivity contribution >= 4 is 39.2 Å². The van der Waals surface area contributed by atoms with Crippen molar-refractivity contribution in [1.29, 1.82) is 0 Å². The van der Waals surface area contributed by atoms with Gasteiger partial charge in [0.2, 0.25) is 0 Å². The largest absolute Gasteiger partial charge is 0.318 e. The highest BCUT2D eigenvalue weighted by molar-refractivity contribution is 9.10. The van der Waals surface area contributed by atoms with Crippen LogP contribution in [0.15, 0.2) is 41.0 Å². The van der Waals surface area contributed by atoms with Crippen molar-refractivity contribution in [1.82, 2.24) is 4.98 Å². The Hall–Kier alpha value is -2.21. The lowest BCUT2D eigenvalue weighted by Crippen LogP contribution is -2.29. The van der Waals surface area contributed by atoms with Gasteiger partial charge in [-0.25, -0.2) is 4.98 Å². The first-order valence-electron chi connectivity index (χ1n) is 6.27. The van der Waals surface area contributed by atoms with E-state index in [2.05, 4.69) is 31.5 Å². The SMILES string of the molecule is Cc1ccc(NC(=O)C(=O)Nc2ccc(Br)c(C)c2)nc1. The number of hydrogen-bond acceptors (Lipinski definition) is 3. The number of anilines is 2. The number of carbonyl (C=O) groups is 2. The van der Waals surface area contributed by atoms with Gasteiger partial charge < -0.3 is 10.6 Å². The molecule has 1 aromatic carbocycles. The highest BCUT2D eigenvalue weighted by atomic mass is 79.9. The second-order valence-electron chi connectivity index (χ2n) is 4.59. The summed E-state index contributed by atoms with van der Waals surface area (Å²) >= 11 is 3.37. The Bertz CT molecular complexity index is 684. The molecule has 21 heavy (non-hydrogen) atoms. The van der Waals surface area contributed by atoms with E-state index in [1.54, 1.807) is 30.5 Å². The van der Waals surface area contributed by atoms with Gasteiger partial charge in [0.15, 0.2) is 0 Å². The molecule has 0 aliphatic carbocycles. The van der Waals surface area contributed by atoms with E-state index in [-0.39, 0.29) is 0 Å². The molecule has 0 saturated heterocycles. The first-order valence-corrected chi connectivity index (χ1v) is 7.06. The molecule has 2 rings (SSSR count). The third kappa shape index (κ3) is 4.13. The molecule has 0 saturated carbocycles. The summed E-state index contributed by atoms with van der Waals surface area (Å²) in [7, 11) is 0. The van der Waals surface area contributed by atoms with Crippen LogP contribution >= 0.6 is 15.9 Å². The highest BCUT2D eigenvalue weighted by Gasteiger charge is 2.14. The van der Waals surface area contributed by atoms with Crippen LogP contribution < -0.4 is 10.6 Å². The summed E-state index contributed by atoms with van der Waals surface area (Å²) < 4.78 is 0.939. The molecule has 6 heteroatoms. The third-order valence-electron chi connectivity index (χ3n) is 2.78. The molecule has 5 nitrogen and oxygen atoms in total. The summed E-state index contributed by atoms with van der Waals surface area (Å²) in [5.74, 6) is -1.15. The van der Waals surface area contributed by atoms with Crippen LogP contribution in [0.5, 0.6) is 0 Å². The molecule has 0 aliphatic rings. The number of aromatic nitrogens is 1. The van der Waals surface area contributed by atoms with E-state index < -0.39 is 11.8 Å². The fraction of sp³-hybridized carbons (Fsp3) is 0.133. The molecule has 108 valence electrons. The van der Waals surface area contributed by atoms with Crippen molar-refractivity contribution in [3.8, 4) is 0 Å². The Balaban J connectivity index is 2.00. The smallest absolute Gasteiger partial charge is 0.315 e. The van der Waals surface area contributed by atoms with Gasteiger partial charge in [0.25, 0.3) is 0 Å². The van der Waals surface area contributed by atoms with Crippen molar-refractivity contribution in [2.45, 2.75) is 13.8 Å². The number of aryl methyl sites for hydroxylation is 2. The molecule has 0 spiro atoms. The minimum Gasteiger partial charge on any atom is -0.318 e. The van der Waals surface area contributed by atoms with Gasteiger partial charge >= 0.3 is 11.8 Å². The Labute approximate surface area is 130 Å². The minimum absolute atomic E-state index is 0.340. The molecule has 2 N–H and O–H groups in total. The van der Waals surface area contributed by atoms with E-state index in [0.29, 0.717) is 11.5 Å². The van der Waals surface area contributed by atoms with E-state index in [4.69, 9.17) is 0 Å². The fourth-order valence-corrected chi connectivity index (χ4v) is 1.87. The van der Waals surface area contributed by atoms with Crippen molar-refractivity contribution in [3.63, 3.8) is 0 Å². The van der Waals surface area contributed by atoms with Crippen LogP contribution in [-0.2, 0) is 9.59 Å². The van der Waals surface area contributed by atoms with Crippen LogP contribution in [0.3, 0.4) is 0 Å². The molecule has 1 aromatic heterocycles. The van der Waals surface area contributed by atoms with E-state index in [1.165, 1.54) is 0 Å². The van der Waals surface area contributed by atoms with Crippen LogP contribution in [0.4, 0.5) is 11.5 Å². The summed E-state index contributed by atoms with van der Waals surface area (Å²) in [6.07, 6.45) is 1.62. The molecule has 0 aliphatic heterocycles. The summed E-state index contributed by atoms with van der Waals surface area (Å²) in [6, 6.07) is 8.75. The summed E-state index contributed by atoms with van der Waals surface area (Å²) in [6.45, 7) is 3.79. The molecule has 1 heterocycles. The summed E-state index contributed by atoms with van der Waals surface area (Å²) in [5.41, 5.74) is 2.50. The lowest BCUT2D eigenvalue weighted by Gasteiger charge is -2.07. The van der Waals surface area contributed by atoms with Crippen LogP contribution in [0.25, 0.3) is 0 Å². The molecule has 0 radical (unpaired) electrons. The number of halogens is 1. The molecule has 2 aromatic rings. The first-order chi connectivity index (χ1) is 9.95. The zero-order valence-corrected chi connectivity index (χ0v) is 13.2. The van der Waals surface area contributed by atoms with Crippen LogP contribution in [0, 0.1) is 13.8 Å². The first kappa shape index (κ1) is 15.2. The number of benzene rings is 1. The normalized spacial score (nSPS) is 10.0. The second-order valence-corrected chi connectivity index (χ2v) is 5.45. The second kappa shape index (κ2) is 6.49. The number of hydrogen-bond donors (Lipinski definition) is 2. The average molecular weight is 348 g/mol. The van der Waals surface area contributed by atoms with Crippen molar-refractivity contribution in [2.24, 2.45) is 0 Å². The number of pyridine rings is 1. The maximum Gasteiger partial charge on any atom is 0.315 e. The topological polar surface area (TPSA) is 71.1 Å². The molecule has 0 bridgehead atoms. The zero-order valence-electron chi connectivity index (χ0n) is 11.6. The predicted octanol–water partition coefficient (Wildman–Crippen LogP) is 3.04. The predicted molar refractivity (Wildman–Crippen MR) is 85.1 cm³/mol. The Morgan fingerprint density at radius 3 is 2.38 bits per heavy atom. The summed E-state index contributed by atoms with van der Waals surface area (Å²) in [4.78, 5) is 27.6. The van der Waals surface area contributed by atoms with Crippen LogP contribution in [0.2, 0.25) is 0 Å². The monoisotopic (exact) mass is 347 g/mol. The Morgan fingerprint density at radius 2 is 1.76 bits per heavy atom. The van der Waals surface area contributed by atoms with Crippen molar-refractivity contribution < 1.29 is 9.59 Å². The Morgan fingerprint density at radius 1 is 1.05 bits per heavy atom. The van der Waals surface area contributed by atoms with Gasteiger partial charge in [0.1, 0.15) is 5.82 Å². The van der Waals surface area contributed by atoms with E-state index in [9.17, 15) is 9.59 Å². The number of nitrogens with zero attached hydrogens (tertiary/aromatic N) is 1. The Kier molecular flexibility index (Phi) is 4.70. The molecular formula is C15H14BrN3O2. The van der Waals surface area contributed by atoms with Crippen molar-refractivity contribution in [3.05, 3.63) is 52.1 Å². The average Bonchev–Trinajstić information content (AvgIpc) is 2.45. The van der Waals surface area contributed by atoms with Gasteiger partial charge in [0, 0.05) is 16.4 Å². The van der Waals surface area contributed by atoms with Gasteiger partial charge in [-0.2, -0.15) is 0 Å². The number of amides is 2. The lowest BCUT2D eigenvalue weighted by atomic mass is 10.2. The van der Waals surface area contributed by atoms with Gasteiger partial charge in [0.05, 0.1) is 0 Å². The zero-order chi connectivity index (χ0) is 15.4. The third-order valence-corrected chi connectivity index (χ3v) is 3.66. The molecule has 2 amide bonds. The van der Waals surface area contributed by atoms with E-state index >= 15 is 0 Å².